The minimum Gasteiger partial charge on any atom is -0.492 e. The molecule has 0 spiro atoms. The van der Waals surface area contributed by atoms with E-state index in [1.807, 2.05) is 42.2 Å². The first kappa shape index (κ1) is 18.7. The van der Waals surface area contributed by atoms with Gasteiger partial charge in [-0.25, -0.2) is 4.98 Å². The molecule has 2 aliphatic rings. The van der Waals surface area contributed by atoms with E-state index in [1.54, 1.807) is 0 Å². The summed E-state index contributed by atoms with van der Waals surface area (Å²) >= 11 is 0. The van der Waals surface area contributed by atoms with Crippen molar-refractivity contribution in [1.29, 1.82) is 0 Å². The number of nitrogens with zero attached hydrogens (tertiary/aromatic N) is 2. The van der Waals surface area contributed by atoms with Gasteiger partial charge in [-0.1, -0.05) is 24.3 Å². The van der Waals surface area contributed by atoms with E-state index in [4.69, 9.17) is 14.2 Å². The van der Waals surface area contributed by atoms with Crippen LogP contribution in [0.2, 0.25) is 0 Å². The van der Waals surface area contributed by atoms with Gasteiger partial charge in [0, 0.05) is 42.6 Å². The summed E-state index contributed by atoms with van der Waals surface area (Å²) in [7, 11) is 3.43. The second-order valence-electron chi connectivity index (χ2n) is 7.87. The summed E-state index contributed by atoms with van der Waals surface area (Å²) in [6.07, 6.45) is 6.03. The molecule has 6 nitrogen and oxygen atoms in total. The highest BCUT2D eigenvalue weighted by atomic mass is 16.5. The number of fused-ring (bicyclic) bond motifs is 2. The van der Waals surface area contributed by atoms with Crippen LogP contribution in [0.25, 0.3) is 11.4 Å². The molecule has 2 atom stereocenters. The Labute approximate surface area is 175 Å². The van der Waals surface area contributed by atoms with Crippen molar-refractivity contribution in [3.63, 3.8) is 0 Å². The summed E-state index contributed by atoms with van der Waals surface area (Å²) in [5.41, 5.74) is 4.75. The monoisotopic (exact) mass is 404 g/mol. The third-order valence-corrected chi connectivity index (χ3v) is 6.06. The van der Waals surface area contributed by atoms with Gasteiger partial charge in [0.1, 0.15) is 23.4 Å². The number of esters is 1. The zero-order valence-corrected chi connectivity index (χ0v) is 17.1. The van der Waals surface area contributed by atoms with E-state index in [0.717, 1.165) is 35.7 Å². The van der Waals surface area contributed by atoms with Gasteiger partial charge in [-0.05, 0) is 30.0 Å². The van der Waals surface area contributed by atoms with Gasteiger partial charge in [0.25, 0.3) is 0 Å². The molecule has 0 bridgehead atoms. The van der Waals surface area contributed by atoms with E-state index in [2.05, 4.69) is 23.2 Å². The van der Waals surface area contributed by atoms with Crippen molar-refractivity contribution >= 4 is 5.97 Å². The lowest BCUT2D eigenvalue weighted by Crippen LogP contribution is -2.09. The zero-order valence-electron chi connectivity index (χ0n) is 17.1. The maximum atomic E-state index is 11.6. The predicted molar refractivity (Wildman–Crippen MR) is 112 cm³/mol. The molecule has 6 heteroatoms. The summed E-state index contributed by atoms with van der Waals surface area (Å²) in [6, 6.07) is 12.3. The molecule has 30 heavy (non-hydrogen) atoms. The lowest BCUT2D eigenvalue weighted by atomic mass is 9.98. The van der Waals surface area contributed by atoms with E-state index in [9.17, 15) is 4.79 Å². The van der Waals surface area contributed by atoms with Crippen LogP contribution < -0.4 is 9.47 Å². The smallest absolute Gasteiger partial charge is 0.306 e. The first-order chi connectivity index (χ1) is 14.6. The van der Waals surface area contributed by atoms with Gasteiger partial charge >= 0.3 is 5.97 Å². The Balaban J connectivity index is 1.37. The van der Waals surface area contributed by atoms with Crippen LogP contribution in [0.4, 0.5) is 0 Å². The van der Waals surface area contributed by atoms with Gasteiger partial charge in [0.15, 0.2) is 0 Å². The molecule has 3 aromatic rings. The molecule has 2 aromatic carbocycles. The van der Waals surface area contributed by atoms with Crippen LogP contribution in [0, 0.1) is 0 Å². The highest BCUT2D eigenvalue weighted by molar-refractivity contribution is 5.71. The number of hydrogen-bond acceptors (Lipinski definition) is 5. The molecule has 1 unspecified atom stereocenters. The summed E-state index contributed by atoms with van der Waals surface area (Å²) < 4.78 is 19.0. The van der Waals surface area contributed by atoms with Crippen molar-refractivity contribution in [2.75, 3.05) is 13.7 Å². The number of methoxy groups -OCH3 is 1. The van der Waals surface area contributed by atoms with Gasteiger partial charge in [-0.2, -0.15) is 0 Å². The van der Waals surface area contributed by atoms with Crippen LogP contribution in [0.15, 0.2) is 48.8 Å². The number of rotatable bonds is 5. The minimum absolute atomic E-state index is 0.00513. The number of carbonyl (C=O) groups is 1. The molecule has 5 rings (SSSR count). The quantitative estimate of drug-likeness (QED) is 0.597. The summed E-state index contributed by atoms with van der Waals surface area (Å²) in [6.45, 7) is 0.493. The summed E-state index contributed by atoms with van der Waals surface area (Å²) in [5.74, 6) is 2.38. The highest BCUT2D eigenvalue weighted by Gasteiger charge is 2.30. The fourth-order valence-corrected chi connectivity index (χ4v) is 4.52. The first-order valence-electron chi connectivity index (χ1n) is 10.2. The van der Waals surface area contributed by atoms with Crippen LogP contribution in [-0.4, -0.2) is 29.2 Å². The molecule has 2 heterocycles. The molecule has 1 aliphatic heterocycles. The fraction of sp³-hybridized carbons (Fsp3) is 0.333. The molecule has 0 N–H and O–H groups in total. The third-order valence-electron chi connectivity index (χ3n) is 6.06. The lowest BCUT2D eigenvalue weighted by Gasteiger charge is -2.16. The second-order valence-corrected chi connectivity index (χ2v) is 7.87. The number of imidazole rings is 1. The van der Waals surface area contributed by atoms with Crippen molar-refractivity contribution in [2.45, 2.75) is 31.3 Å². The number of aryl methyl sites for hydroxylation is 1. The largest absolute Gasteiger partial charge is 0.492 e. The maximum Gasteiger partial charge on any atom is 0.306 e. The predicted octanol–water partition coefficient (Wildman–Crippen LogP) is 4.19. The standard InChI is InChI=1S/C24H24N2O4/c1-26-11-10-25-24(26)20-5-3-4-19-18(20)8-9-21(19)30-16-6-7-17-15(12-23(27)28-2)14-29-22(17)13-16/h3-7,10-11,13,15,21H,8-9,12,14H2,1-2H3/t15?,21-/m1/s1. The average Bonchev–Trinajstić information content (AvgIpc) is 3.47. The van der Waals surface area contributed by atoms with E-state index in [-0.39, 0.29) is 18.0 Å². The first-order valence-corrected chi connectivity index (χ1v) is 10.2. The zero-order chi connectivity index (χ0) is 20.7. The maximum absolute atomic E-state index is 11.6. The number of carbonyl (C=O) groups excluding carboxylic acids is 1. The van der Waals surface area contributed by atoms with Crippen LogP contribution in [0.1, 0.15) is 41.6 Å². The number of benzene rings is 2. The molecule has 1 aliphatic carbocycles. The van der Waals surface area contributed by atoms with Crippen LogP contribution in [0.5, 0.6) is 11.5 Å². The Morgan fingerprint density at radius 2 is 2.17 bits per heavy atom. The molecule has 0 saturated carbocycles. The van der Waals surface area contributed by atoms with Crippen LogP contribution >= 0.6 is 0 Å². The topological polar surface area (TPSA) is 62.6 Å². The molecule has 0 saturated heterocycles. The Hall–Kier alpha value is -3.28. The normalized spacial score (nSPS) is 19.1. The lowest BCUT2D eigenvalue weighted by molar-refractivity contribution is -0.141. The third kappa shape index (κ3) is 3.22. The van der Waals surface area contributed by atoms with Crippen LogP contribution in [0.3, 0.4) is 0 Å². The van der Waals surface area contributed by atoms with Gasteiger partial charge < -0.3 is 18.8 Å². The molecule has 0 fully saturated rings. The second kappa shape index (κ2) is 7.52. The van der Waals surface area contributed by atoms with E-state index in [1.165, 1.54) is 23.8 Å². The van der Waals surface area contributed by atoms with Crippen molar-refractivity contribution in [3.05, 3.63) is 65.5 Å². The Kier molecular flexibility index (Phi) is 4.69. The van der Waals surface area contributed by atoms with Gasteiger partial charge in [-0.15, -0.1) is 0 Å². The van der Waals surface area contributed by atoms with Crippen molar-refractivity contribution < 1.29 is 19.0 Å². The minimum atomic E-state index is -0.220. The van der Waals surface area contributed by atoms with Gasteiger partial charge in [0.05, 0.1) is 20.1 Å². The Morgan fingerprint density at radius 1 is 1.27 bits per heavy atom. The SMILES string of the molecule is COC(=O)CC1COc2cc(O[C@@H]3CCc4c(-c5nccn5C)cccc43)ccc21. The molecule has 0 amide bonds. The molecule has 1 aromatic heterocycles. The molecular formula is C24H24N2O4. The van der Waals surface area contributed by atoms with E-state index < -0.39 is 0 Å². The molecule has 154 valence electrons. The fourth-order valence-electron chi connectivity index (χ4n) is 4.52. The summed E-state index contributed by atoms with van der Waals surface area (Å²) in [5, 5.41) is 0. The Morgan fingerprint density at radius 3 is 2.97 bits per heavy atom. The van der Waals surface area contributed by atoms with E-state index in [0.29, 0.717) is 13.0 Å². The van der Waals surface area contributed by atoms with Crippen molar-refractivity contribution in [3.8, 4) is 22.9 Å². The van der Waals surface area contributed by atoms with E-state index >= 15 is 0 Å². The molecular weight excluding hydrogens is 380 g/mol. The Bertz CT molecular complexity index is 1100. The number of ether oxygens (including phenoxy) is 3. The molecule has 0 radical (unpaired) electrons. The van der Waals surface area contributed by atoms with Crippen LogP contribution in [-0.2, 0) is 23.0 Å². The van der Waals surface area contributed by atoms with Crippen molar-refractivity contribution in [2.24, 2.45) is 7.05 Å². The van der Waals surface area contributed by atoms with Gasteiger partial charge in [0.2, 0.25) is 0 Å². The average molecular weight is 404 g/mol. The summed E-state index contributed by atoms with van der Waals surface area (Å²) in [4.78, 5) is 16.1. The van der Waals surface area contributed by atoms with Crippen molar-refractivity contribution in [1.82, 2.24) is 9.55 Å². The number of aromatic nitrogens is 2. The van der Waals surface area contributed by atoms with Gasteiger partial charge in [-0.3, -0.25) is 4.79 Å². The number of hydrogen-bond donors (Lipinski definition) is 0. The highest BCUT2D eigenvalue weighted by Crippen LogP contribution is 2.42.